The minimum atomic E-state index is -0.171. The van der Waals surface area contributed by atoms with Crippen molar-refractivity contribution in [3.05, 3.63) is 66.2 Å². The van der Waals surface area contributed by atoms with Gasteiger partial charge in [-0.2, -0.15) is 0 Å². The fourth-order valence-electron chi connectivity index (χ4n) is 3.34. The van der Waals surface area contributed by atoms with Gasteiger partial charge in [0.15, 0.2) is 18.1 Å². The molecule has 0 unspecified atom stereocenters. The second kappa shape index (κ2) is 11.0. The molecule has 2 aromatic carbocycles. The maximum Gasteiger partial charge on any atom is 0.258 e. The lowest BCUT2D eigenvalue weighted by atomic mass is 10.0. The molecule has 1 heterocycles. The zero-order valence-corrected chi connectivity index (χ0v) is 17.3. The summed E-state index contributed by atoms with van der Waals surface area (Å²) in [5.41, 5.74) is 0.999. The third kappa shape index (κ3) is 6.37. The molecule has 0 aromatic heterocycles. The molecule has 0 atom stereocenters. The molecule has 2 aromatic rings. The summed E-state index contributed by atoms with van der Waals surface area (Å²) in [7, 11) is 0. The molecule has 2 amide bonds. The van der Waals surface area contributed by atoms with E-state index in [2.05, 4.69) is 5.32 Å². The van der Waals surface area contributed by atoms with E-state index in [1.807, 2.05) is 66.4 Å². The average Bonchev–Trinajstić information content (AvgIpc) is 2.78. The number of benzene rings is 2. The Morgan fingerprint density at radius 3 is 2.30 bits per heavy atom. The van der Waals surface area contributed by atoms with Crippen molar-refractivity contribution in [2.24, 2.45) is 0 Å². The van der Waals surface area contributed by atoms with E-state index in [1.54, 1.807) is 12.1 Å². The first-order valence-electron chi connectivity index (χ1n) is 10.3. The van der Waals surface area contributed by atoms with Crippen LogP contribution in [0.5, 0.6) is 11.5 Å². The van der Waals surface area contributed by atoms with Gasteiger partial charge in [-0.3, -0.25) is 9.59 Å². The second-order valence-corrected chi connectivity index (χ2v) is 7.08. The van der Waals surface area contributed by atoms with Crippen LogP contribution in [0.15, 0.2) is 60.7 Å². The predicted octanol–water partition coefficient (Wildman–Crippen LogP) is 3.28. The van der Waals surface area contributed by atoms with Crippen LogP contribution in [0.2, 0.25) is 0 Å². The van der Waals surface area contributed by atoms with E-state index in [0.29, 0.717) is 31.2 Å². The Morgan fingerprint density at radius 1 is 1.00 bits per heavy atom. The highest BCUT2D eigenvalue weighted by Gasteiger charge is 2.23. The van der Waals surface area contributed by atoms with Crippen molar-refractivity contribution in [3.63, 3.8) is 0 Å². The molecule has 158 valence electrons. The Bertz CT molecular complexity index is 859. The summed E-state index contributed by atoms with van der Waals surface area (Å²) in [6, 6.07) is 17.1. The fourth-order valence-corrected chi connectivity index (χ4v) is 3.34. The van der Waals surface area contributed by atoms with Crippen LogP contribution >= 0.6 is 0 Å². The highest BCUT2D eigenvalue weighted by Crippen LogP contribution is 2.26. The fraction of sp³-hybridized carbons (Fsp3) is 0.333. The average molecular weight is 408 g/mol. The number of hydrogen-bond acceptors (Lipinski definition) is 4. The van der Waals surface area contributed by atoms with Crippen molar-refractivity contribution in [1.82, 2.24) is 10.2 Å². The van der Waals surface area contributed by atoms with Crippen molar-refractivity contribution >= 4 is 17.9 Å². The van der Waals surface area contributed by atoms with Gasteiger partial charge in [0.05, 0.1) is 6.61 Å². The molecular weight excluding hydrogens is 380 g/mol. The van der Waals surface area contributed by atoms with Gasteiger partial charge in [0, 0.05) is 25.2 Å². The van der Waals surface area contributed by atoms with Crippen LogP contribution < -0.4 is 14.8 Å². The summed E-state index contributed by atoms with van der Waals surface area (Å²) in [6.45, 7) is 3.61. The highest BCUT2D eigenvalue weighted by atomic mass is 16.5. The first-order valence-corrected chi connectivity index (χ1v) is 10.3. The molecule has 1 fully saturated rings. The topological polar surface area (TPSA) is 67.9 Å². The Kier molecular flexibility index (Phi) is 7.89. The molecule has 3 rings (SSSR count). The van der Waals surface area contributed by atoms with Gasteiger partial charge < -0.3 is 19.7 Å². The van der Waals surface area contributed by atoms with Gasteiger partial charge in [-0.25, -0.2) is 0 Å². The summed E-state index contributed by atoms with van der Waals surface area (Å²) in [4.78, 5) is 26.4. The summed E-state index contributed by atoms with van der Waals surface area (Å²) >= 11 is 0. The lowest BCUT2D eigenvalue weighted by Gasteiger charge is -2.31. The van der Waals surface area contributed by atoms with Crippen molar-refractivity contribution in [2.75, 3.05) is 26.3 Å². The van der Waals surface area contributed by atoms with Crippen molar-refractivity contribution in [1.29, 1.82) is 0 Å². The smallest absolute Gasteiger partial charge is 0.258 e. The lowest BCUT2D eigenvalue weighted by Crippen LogP contribution is -2.47. The molecule has 1 saturated heterocycles. The third-order valence-corrected chi connectivity index (χ3v) is 4.90. The van der Waals surface area contributed by atoms with Crippen molar-refractivity contribution in [2.45, 2.75) is 25.8 Å². The highest BCUT2D eigenvalue weighted by molar-refractivity contribution is 5.91. The molecule has 1 N–H and O–H groups in total. The number of hydrogen-bond donors (Lipinski definition) is 1. The number of carbonyl (C=O) groups is 2. The predicted molar refractivity (Wildman–Crippen MR) is 116 cm³/mol. The van der Waals surface area contributed by atoms with E-state index >= 15 is 0 Å². The molecule has 1 aliphatic heterocycles. The van der Waals surface area contributed by atoms with E-state index < -0.39 is 0 Å². The van der Waals surface area contributed by atoms with Gasteiger partial charge in [0.2, 0.25) is 5.91 Å². The Hall–Kier alpha value is -3.28. The zero-order chi connectivity index (χ0) is 21.2. The Labute approximate surface area is 177 Å². The normalized spacial score (nSPS) is 14.5. The second-order valence-electron chi connectivity index (χ2n) is 7.08. The van der Waals surface area contributed by atoms with Crippen LogP contribution in [-0.2, 0) is 9.59 Å². The number of likely N-dealkylation sites (tertiary alicyclic amines) is 1. The van der Waals surface area contributed by atoms with Gasteiger partial charge in [-0.15, -0.1) is 0 Å². The maximum absolute atomic E-state index is 12.4. The van der Waals surface area contributed by atoms with Gasteiger partial charge in [0.1, 0.15) is 0 Å². The number of carbonyl (C=O) groups excluding carboxylic acids is 2. The van der Waals surface area contributed by atoms with Crippen LogP contribution in [0.25, 0.3) is 6.08 Å². The molecular formula is C24H28N2O4. The van der Waals surface area contributed by atoms with E-state index in [0.717, 1.165) is 18.4 Å². The molecule has 30 heavy (non-hydrogen) atoms. The lowest BCUT2D eigenvalue weighted by molar-refractivity contribution is -0.127. The molecule has 0 saturated carbocycles. The number of nitrogens with one attached hydrogen (secondary N) is 1. The van der Waals surface area contributed by atoms with Gasteiger partial charge in [-0.05, 0) is 43.5 Å². The van der Waals surface area contributed by atoms with E-state index in [1.165, 1.54) is 0 Å². The standard InChI is InChI=1S/C24H28N2O4/c1-2-29-21-10-6-7-11-22(21)30-18-23(27)25-20-14-16-26(17-15-20)24(28)13-12-19-8-4-3-5-9-19/h3-13,20H,2,14-18H2,1H3,(H,25,27)/b13-12+. The minimum absolute atomic E-state index is 0.000468. The monoisotopic (exact) mass is 408 g/mol. The maximum atomic E-state index is 12.4. The van der Waals surface area contributed by atoms with E-state index in [-0.39, 0.29) is 24.5 Å². The van der Waals surface area contributed by atoms with E-state index in [9.17, 15) is 9.59 Å². The number of nitrogens with zero attached hydrogens (tertiary/aromatic N) is 1. The van der Waals surface area contributed by atoms with Crippen molar-refractivity contribution < 1.29 is 19.1 Å². The summed E-state index contributed by atoms with van der Waals surface area (Å²) in [5, 5.41) is 3.00. The number of rotatable bonds is 8. The van der Waals surface area contributed by atoms with Gasteiger partial charge in [-0.1, -0.05) is 42.5 Å². The van der Waals surface area contributed by atoms with Crippen LogP contribution in [0.1, 0.15) is 25.3 Å². The number of ether oxygens (including phenoxy) is 2. The van der Waals surface area contributed by atoms with Crippen LogP contribution in [-0.4, -0.2) is 49.1 Å². The Morgan fingerprint density at radius 2 is 1.63 bits per heavy atom. The molecule has 6 nitrogen and oxygen atoms in total. The van der Waals surface area contributed by atoms with Crippen LogP contribution in [0, 0.1) is 0 Å². The number of para-hydroxylation sites is 2. The Balaban J connectivity index is 1.40. The largest absolute Gasteiger partial charge is 0.490 e. The SMILES string of the molecule is CCOc1ccccc1OCC(=O)NC1CCN(C(=O)/C=C/c2ccccc2)CC1. The minimum Gasteiger partial charge on any atom is -0.490 e. The first kappa shape index (κ1) is 21.4. The van der Waals surface area contributed by atoms with Crippen LogP contribution in [0.3, 0.4) is 0 Å². The summed E-state index contributed by atoms with van der Waals surface area (Å²) < 4.78 is 11.1. The zero-order valence-electron chi connectivity index (χ0n) is 17.3. The van der Waals surface area contributed by atoms with Gasteiger partial charge >= 0.3 is 0 Å². The molecule has 0 bridgehead atoms. The summed E-state index contributed by atoms with van der Waals surface area (Å²) in [6.07, 6.45) is 4.89. The molecule has 6 heteroatoms. The quantitative estimate of drug-likeness (QED) is 0.681. The molecule has 0 radical (unpaired) electrons. The summed E-state index contributed by atoms with van der Waals surface area (Å²) in [5.74, 6) is 1.01. The number of piperidine rings is 1. The third-order valence-electron chi connectivity index (χ3n) is 4.90. The number of amides is 2. The van der Waals surface area contributed by atoms with Gasteiger partial charge in [0.25, 0.3) is 5.91 Å². The molecule has 0 aliphatic carbocycles. The molecule has 1 aliphatic rings. The molecule has 0 spiro atoms. The van der Waals surface area contributed by atoms with Crippen molar-refractivity contribution in [3.8, 4) is 11.5 Å². The first-order chi connectivity index (χ1) is 14.7. The van der Waals surface area contributed by atoms with Crippen LogP contribution in [0.4, 0.5) is 0 Å². The van der Waals surface area contributed by atoms with E-state index in [4.69, 9.17) is 9.47 Å².